The van der Waals surface area contributed by atoms with Gasteiger partial charge in [0.1, 0.15) is 18.1 Å². The molecule has 10 heteroatoms. The summed E-state index contributed by atoms with van der Waals surface area (Å²) in [5.41, 5.74) is 6.44. The largest absolute Gasteiger partial charge is 0.480 e. The summed E-state index contributed by atoms with van der Waals surface area (Å²) in [4.78, 5) is 48.6. The summed E-state index contributed by atoms with van der Waals surface area (Å²) in [7, 11) is 0. The highest BCUT2D eigenvalue weighted by Gasteiger charge is 2.28. The van der Waals surface area contributed by atoms with Gasteiger partial charge in [-0.3, -0.25) is 19.2 Å². The Labute approximate surface area is 180 Å². The van der Waals surface area contributed by atoms with Crippen LogP contribution in [0.3, 0.4) is 0 Å². The molecule has 4 atom stereocenters. The minimum Gasteiger partial charge on any atom is -0.480 e. The van der Waals surface area contributed by atoms with Gasteiger partial charge < -0.3 is 26.8 Å². The van der Waals surface area contributed by atoms with Crippen molar-refractivity contribution in [3.63, 3.8) is 0 Å². The van der Waals surface area contributed by atoms with Gasteiger partial charge in [0.05, 0.1) is 6.04 Å². The van der Waals surface area contributed by atoms with Crippen LogP contribution in [-0.4, -0.2) is 65.0 Å². The normalized spacial score (nSPS) is 14.7. The molecule has 1 aromatic rings. The molecular weight excluding hydrogens is 408 g/mol. The first-order valence-corrected chi connectivity index (χ1v) is 11.0. The summed E-state index contributed by atoms with van der Waals surface area (Å²) in [5.74, 6) is -2.23. The molecule has 0 heterocycles. The fourth-order valence-electron chi connectivity index (χ4n) is 2.51. The smallest absolute Gasteiger partial charge is 0.325 e. The third-order valence-electron chi connectivity index (χ3n) is 4.30. The standard InChI is InChI=1S/C20H30N4O5S/c1-12(21)17(25)24-16(11-14-7-5-4-6-8-14)19(27)23-15(9-10-30-3)18(26)22-13(2)20(28)29/h4-8,12-13,15-16H,9-11,21H2,1-3H3,(H,22,26)(H,23,27)(H,24,25)(H,28,29). The number of rotatable bonds is 12. The van der Waals surface area contributed by atoms with Crippen molar-refractivity contribution < 1.29 is 24.3 Å². The number of carboxylic acids is 1. The molecule has 1 rings (SSSR count). The van der Waals surface area contributed by atoms with Gasteiger partial charge in [-0.25, -0.2) is 0 Å². The molecule has 0 aliphatic carbocycles. The minimum absolute atomic E-state index is 0.216. The molecule has 0 fully saturated rings. The lowest BCUT2D eigenvalue weighted by molar-refractivity contribution is -0.141. The molecule has 9 nitrogen and oxygen atoms in total. The summed E-state index contributed by atoms with van der Waals surface area (Å²) < 4.78 is 0. The Bertz CT molecular complexity index is 729. The molecule has 0 saturated carbocycles. The lowest BCUT2D eigenvalue weighted by Gasteiger charge is -2.24. The molecule has 3 amide bonds. The van der Waals surface area contributed by atoms with Gasteiger partial charge in [-0.15, -0.1) is 0 Å². The van der Waals surface area contributed by atoms with Gasteiger partial charge in [-0.2, -0.15) is 11.8 Å². The quantitative estimate of drug-likeness (QED) is 0.305. The number of thioether (sulfide) groups is 1. The van der Waals surface area contributed by atoms with Crippen LogP contribution in [0.25, 0.3) is 0 Å². The van der Waals surface area contributed by atoms with E-state index in [4.69, 9.17) is 10.8 Å². The number of carboxylic acid groups (broad SMARTS) is 1. The van der Waals surface area contributed by atoms with Crippen molar-refractivity contribution in [2.75, 3.05) is 12.0 Å². The monoisotopic (exact) mass is 438 g/mol. The summed E-state index contributed by atoms with van der Waals surface area (Å²) in [6.07, 6.45) is 2.38. The molecule has 0 bridgehead atoms. The summed E-state index contributed by atoms with van der Waals surface area (Å²) >= 11 is 1.49. The molecule has 0 spiro atoms. The van der Waals surface area contributed by atoms with Crippen LogP contribution in [0, 0.1) is 0 Å². The molecule has 30 heavy (non-hydrogen) atoms. The molecule has 0 aliphatic rings. The van der Waals surface area contributed by atoms with Crippen LogP contribution in [0.2, 0.25) is 0 Å². The Morgan fingerprint density at radius 3 is 2.07 bits per heavy atom. The van der Waals surface area contributed by atoms with E-state index in [2.05, 4.69) is 16.0 Å². The second-order valence-corrected chi connectivity index (χ2v) is 7.94. The molecule has 0 aliphatic heterocycles. The number of hydrogen-bond donors (Lipinski definition) is 5. The van der Waals surface area contributed by atoms with Crippen molar-refractivity contribution >= 4 is 35.5 Å². The zero-order valence-electron chi connectivity index (χ0n) is 17.4. The fourth-order valence-corrected chi connectivity index (χ4v) is 2.99. The molecular formula is C20H30N4O5S. The van der Waals surface area contributed by atoms with E-state index >= 15 is 0 Å². The first kappa shape index (κ1) is 25.4. The van der Waals surface area contributed by atoms with Crippen LogP contribution in [-0.2, 0) is 25.6 Å². The number of carbonyl (C=O) groups excluding carboxylic acids is 3. The Hall–Kier alpha value is -2.59. The third kappa shape index (κ3) is 8.83. The lowest BCUT2D eigenvalue weighted by Crippen LogP contribution is -2.57. The van der Waals surface area contributed by atoms with Gasteiger partial charge in [0, 0.05) is 6.42 Å². The fraction of sp³-hybridized carbons (Fsp3) is 0.500. The zero-order chi connectivity index (χ0) is 22.7. The minimum atomic E-state index is -1.18. The molecule has 0 aromatic heterocycles. The zero-order valence-corrected chi connectivity index (χ0v) is 18.2. The van der Waals surface area contributed by atoms with Gasteiger partial charge in [0.15, 0.2) is 0 Å². The number of aliphatic carboxylic acids is 1. The molecule has 1 aromatic carbocycles. The highest BCUT2D eigenvalue weighted by Crippen LogP contribution is 2.07. The van der Waals surface area contributed by atoms with Gasteiger partial charge >= 0.3 is 5.97 Å². The van der Waals surface area contributed by atoms with E-state index in [0.29, 0.717) is 12.2 Å². The molecule has 6 N–H and O–H groups in total. The van der Waals surface area contributed by atoms with Gasteiger partial charge in [-0.05, 0) is 37.8 Å². The van der Waals surface area contributed by atoms with Crippen molar-refractivity contribution in [1.82, 2.24) is 16.0 Å². The Kier molecular flexibility index (Phi) is 10.9. The average Bonchev–Trinajstić information content (AvgIpc) is 2.70. The van der Waals surface area contributed by atoms with Crippen LogP contribution in [0.1, 0.15) is 25.8 Å². The van der Waals surface area contributed by atoms with E-state index in [0.717, 1.165) is 5.56 Å². The van der Waals surface area contributed by atoms with E-state index in [1.807, 2.05) is 36.6 Å². The first-order valence-electron chi connectivity index (χ1n) is 9.58. The Balaban J connectivity index is 2.97. The van der Waals surface area contributed by atoms with Crippen molar-refractivity contribution in [2.24, 2.45) is 5.73 Å². The molecule has 4 unspecified atom stereocenters. The number of hydrogen-bond acceptors (Lipinski definition) is 6. The number of nitrogens with one attached hydrogen (secondary N) is 3. The maximum Gasteiger partial charge on any atom is 0.325 e. The molecule has 0 radical (unpaired) electrons. The molecule has 0 saturated heterocycles. The highest BCUT2D eigenvalue weighted by molar-refractivity contribution is 7.98. The van der Waals surface area contributed by atoms with Gasteiger partial charge in [-0.1, -0.05) is 30.3 Å². The first-order chi connectivity index (χ1) is 14.1. The third-order valence-corrected chi connectivity index (χ3v) is 4.95. The maximum absolute atomic E-state index is 12.9. The van der Waals surface area contributed by atoms with E-state index in [1.165, 1.54) is 25.6 Å². The van der Waals surface area contributed by atoms with Crippen LogP contribution in [0.4, 0.5) is 0 Å². The van der Waals surface area contributed by atoms with E-state index in [-0.39, 0.29) is 6.42 Å². The molecule has 166 valence electrons. The second kappa shape index (κ2) is 12.9. The van der Waals surface area contributed by atoms with E-state index in [9.17, 15) is 19.2 Å². The van der Waals surface area contributed by atoms with Crippen molar-refractivity contribution in [2.45, 2.75) is 50.9 Å². The topological polar surface area (TPSA) is 151 Å². The second-order valence-electron chi connectivity index (χ2n) is 6.95. The van der Waals surface area contributed by atoms with Crippen LogP contribution in [0.15, 0.2) is 30.3 Å². The van der Waals surface area contributed by atoms with Crippen LogP contribution < -0.4 is 21.7 Å². The van der Waals surface area contributed by atoms with Crippen molar-refractivity contribution in [3.05, 3.63) is 35.9 Å². The predicted octanol–water partition coefficient (Wildman–Crippen LogP) is -0.112. The number of nitrogens with two attached hydrogens (primary N) is 1. The lowest BCUT2D eigenvalue weighted by atomic mass is 10.0. The summed E-state index contributed by atoms with van der Waals surface area (Å²) in [6.45, 7) is 2.85. The van der Waals surface area contributed by atoms with Gasteiger partial charge in [0.2, 0.25) is 17.7 Å². The van der Waals surface area contributed by atoms with Crippen LogP contribution >= 0.6 is 11.8 Å². The Morgan fingerprint density at radius 2 is 1.53 bits per heavy atom. The summed E-state index contributed by atoms with van der Waals surface area (Å²) in [5, 5.41) is 16.6. The predicted molar refractivity (Wildman–Crippen MR) is 116 cm³/mol. The van der Waals surface area contributed by atoms with Crippen molar-refractivity contribution in [3.8, 4) is 0 Å². The summed E-state index contributed by atoms with van der Waals surface area (Å²) in [6, 6.07) is 5.36. The number of carbonyl (C=O) groups is 4. The Morgan fingerprint density at radius 1 is 0.967 bits per heavy atom. The average molecular weight is 439 g/mol. The maximum atomic E-state index is 12.9. The number of benzene rings is 1. The van der Waals surface area contributed by atoms with E-state index < -0.39 is 47.9 Å². The number of amides is 3. The van der Waals surface area contributed by atoms with Gasteiger partial charge in [0.25, 0.3) is 0 Å². The van der Waals surface area contributed by atoms with Crippen LogP contribution in [0.5, 0.6) is 0 Å². The van der Waals surface area contributed by atoms with E-state index in [1.54, 1.807) is 0 Å². The highest BCUT2D eigenvalue weighted by atomic mass is 32.2. The van der Waals surface area contributed by atoms with Crippen molar-refractivity contribution in [1.29, 1.82) is 0 Å². The SMILES string of the molecule is CSCCC(NC(=O)C(Cc1ccccc1)NC(=O)C(C)N)C(=O)NC(C)C(=O)O.